The summed E-state index contributed by atoms with van der Waals surface area (Å²) in [7, 11) is 0. The van der Waals surface area contributed by atoms with Gasteiger partial charge in [-0.25, -0.2) is 0 Å². The third-order valence-corrected chi connectivity index (χ3v) is 5.24. The van der Waals surface area contributed by atoms with Crippen LogP contribution in [0, 0.1) is 17.8 Å². The first-order valence-electron chi connectivity index (χ1n) is 7.43. The van der Waals surface area contributed by atoms with Gasteiger partial charge in [0.15, 0.2) is 0 Å². The lowest BCUT2D eigenvalue weighted by atomic mass is 9.66. The van der Waals surface area contributed by atoms with Gasteiger partial charge in [0, 0.05) is 13.2 Å². The highest BCUT2D eigenvalue weighted by atomic mass is 16.5. The topological polar surface area (TPSA) is 9.23 Å². The van der Waals surface area contributed by atoms with E-state index in [0.29, 0.717) is 5.92 Å². The SMILES string of the molecule is CC1CCOCC1C1CCc2ccccc2C1C. The molecule has 0 amide bonds. The fourth-order valence-electron chi connectivity index (χ4n) is 4.01. The summed E-state index contributed by atoms with van der Waals surface area (Å²) in [6.07, 6.45) is 3.85. The van der Waals surface area contributed by atoms with E-state index in [4.69, 9.17) is 4.74 Å². The summed E-state index contributed by atoms with van der Waals surface area (Å²) >= 11 is 0. The Kier molecular flexibility index (Phi) is 3.43. The molecule has 0 saturated carbocycles. The number of rotatable bonds is 1. The van der Waals surface area contributed by atoms with E-state index in [-0.39, 0.29) is 0 Å². The summed E-state index contributed by atoms with van der Waals surface area (Å²) in [5.74, 6) is 3.11. The fraction of sp³-hybridized carbons (Fsp3) is 0.647. The molecule has 98 valence electrons. The van der Waals surface area contributed by atoms with Crippen LogP contribution in [-0.4, -0.2) is 13.2 Å². The van der Waals surface area contributed by atoms with Crippen molar-refractivity contribution >= 4 is 0 Å². The van der Waals surface area contributed by atoms with Crippen LogP contribution in [0.2, 0.25) is 0 Å². The quantitative estimate of drug-likeness (QED) is 0.725. The second-order valence-electron chi connectivity index (χ2n) is 6.19. The van der Waals surface area contributed by atoms with E-state index < -0.39 is 0 Å². The Morgan fingerprint density at radius 2 is 1.89 bits per heavy atom. The highest BCUT2D eigenvalue weighted by Crippen LogP contribution is 2.43. The third kappa shape index (κ3) is 2.09. The predicted octanol–water partition coefficient (Wildman–Crippen LogP) is 4.03. The zero-order valence-electron chi connectivity index (χ0n) is 11.6. The van der Waals surface area contributed by atoms with E-state index in [0.717, 1.165) is 31.0 Å². The lowest BCUT2D eigenvalue weighted by molar-refractivity contribution is -0.0111. The zero-order chi connectivity index (χ0) is 12.5. The van der Waals surface area contributed by atoms with Crippen LogP contribution in [0.4, 0.5) is 0 Å². The van der Waals surface area contributed by atoms with E-state index in [1.807, 2.05) is 0 Å². The molecule has 1 heteroatoms. The molecule has 0 spiro atoms. The van der Waals surface area contributed by atoms with Crippen LogP contribution in [0.3, 0.4) is 0 Å². The molecule has 4 atom stereocenters. The second kappa shape index (κ2) is 5.05. The van der Waals surface area contributed by atoms with Gasteiger partial charge < -0.3 is 4.74 Å². The first-order chi connectivity index (χ1) is 8.77. The molecule has 1 aromatic rings. The summed E-state index contributed by atoms with van der Waals surface area (Å²) in [4.78, 5) is 0. The van der Waals surface area contributed by atoms with E-state index >= 15 is 0 Å². The third-order valence-electron chi connectivity index (χ3n) is 5.24. The van der Waals surface area contributed by atoms with E-state index in [9.17, 15) is 0 Å². The molecular formula is C17H24O. The molecule has 18 heavy (non-hydrogen) atoms. The van der Waals surface area contributed by atoms with Crippen molar-refractivity contribution in [2.24, 2.45) is 17.8 Å². The van der Waals surface area contributed by atoms with Gasteiger partial charge in [0.2, 0.25) is 0 Å². The van der Waals surface area contributed by atoms with Gasteiger partial charge in [-0.1, -0.05) is 38.1 Å². The Balaban J connectivity index is 1.83. The molecule has 0 bridgehead atoms. The first kappa shape index (κ1) is 12.2. The van der Waals surface area contributed by atoms with Crippen molar-refractivity contribution < 1.29 is 4.74 Å². The van der Waals surface area contributed by atoms with Crippen molar-refractivity contribution in [3.63, 3.8) is 0 Å². The molecule has 1 heterocycles. The first-order valence-corrected chi connectivity index (χ1v) is 7.43. The number of ether oxygens (including phenoxy) is 1. The average molecular weight is 244 g/mol. The number of benzene rings is 1. The van der Waals surface area contributed by atoms with Gasteiger partial charge in [0.1, 0.15) is 0 Å². The lowest BCUT2D eigenvalue weighted by Gasteiger charge is -2.41. The van der Waals surface area contributed by atoms with Crippen molar-refractivity contribution in [1.29, 1.82) is 0 Å². The Labute approximate surface area is 111 Å². The molecule has 1 fully saturated rings. The minimum Gasteiger partial charge on any atom is -0.381 e. The highest BCUT2D eigenvalue weighted by molar-refractivity contribution is 5.33. The van der Waals surface area contributed by atoms with Gasteiger partial charge in [-0.2, -0.15) is 0 Å². The molecular weight excluding hydrogens is 220 g/mol. The molecule has 1 aromatic carbocycles. The van der Waals surface area contributed by atoms with Gasteiger partial charge in [-0.3, -0.25) is 0 Å². The van der Waals surface area contributed by atoms with Crippen LogP contribution >= 0.6 is 0 Å². The standard InChI is InChI=1S/C17H24O/c1-12-9-10-18-11-17(12)16-8-7-14-5-3-4-6-15(14)13(16)2/h3-6,12-13,16-17H,7-11H2,1-2H3. The number of hydrogen-bond acceptors (Lipinski definition) is 1. The highest BCUT2D eigenvalue weighted by Gasteiger charge is 2.36. The molecule has 1 aliphatic heterocycles. The maximum atomic E-state index is 5.74. The molecule has 0 radical (unpaired) electrons. The molecule has 1 nitrogen and oxygen atoms in total. The van der Waals surface area contributed by atoms with Gasteiger partial charge in [0.25, 0.3) is 0 Å². The van der Waals surface area contributed by atoms with E-state index in [1.54, 1.807) is 11.1 Å². The fourth-order valence-corrected chi connectivity index (χ4v) is 4.01. The van der Waals surface area contributed by atoms with Gasteiger partial charge in [0.05, 0.1) is 0 Å². The Bertz CT molecular complexity index is 412. The van der Waals surface area contributed by atoms with Gasteiger partial charge >= 0.3 is 0 Å². The molecule has 3 rings (SSSR count). The molecule has 0 N–H and O–H groups in total. The average Bonchev–Trinajstić information content (AvgIpc) is 2.41. The zero-order valence-corrected chi connectivity index (χ0v) is 11.6. The van der Waals surface area contributed by atoms with Crippen molar-refractivity contribution in [2.45, 2.75) is 39.0 Å². The molecule has 1 aliphatic carbocycles. The van der Waals surface area contributed by atoms with Gasteiger partial charge in [-0.15, -0.1) is 0 Å². The minimum atomic E-state index is 0.698. The molecule has 1 saturated heterocycles. The Morgan fingerprint density at radius 3 is 2.72 bits per heavy atom. The van der Waals surface area contributed by atoms with Crippen LogP contribution in [-0.2, 0) is 11.2 Å². The summed E-state index contributed by atoms with van der Waals surface area (Å²) in [6.45, 7) is 6.79. The summed E-state index contributed by atoms with van der Waals surface area (Å²) in [5.41, 5.74) is 3.16. The summed E-state index contributed by atoms with van der Waals surface area (Å²) < 4.78 is 5.74. The minimum absolute atomic E-state index is 0.698. The van der Waals surface area contributed by atoms with E-state index in [1.165, 1.54) is 19.3 Å². The number of fused-ring (bicyclic) bond motifs is 1. The Hall–Kier alpha value is -0.820. The van der Waals surface area contributed by atoms with Crippen LogP contribution in [0.15, 0.2) is 24.3 Å². The van der Waals surface area contributed by atoms with Gasteiger partial charge in [-0.05, 0) is 54.1 Å². The predicted molar refractivity (Wildman–Crippen MR) is 74.8 cm³/mol. The van der Waals surface area contributed by atoms with Crippen molar-refractivity contribution in [1.82, 2.24) is 0 Å². The van der Waals surface area contributed by atoms with Crippen molar-refractivity contribution in [3.05, 3.63) is 35.4 Å². The maximum Gasteiger partial charge on any atom is 0.0499 e. The van der Waals surface area contributed by atoms with Crippen LogP contribution < -0.4 is 0 Å². The van der Waals surface area contributed by atoms with Crippen LogP contribution in [0.25, 0.3) is 0 Å². The van der Waals surface area contributed by atoms with Crippen molar-refractivity contribution in [2.75, 3.05) is 13.2 Å². The number of aryl methyl sites for hydroxylation is 1. The van der Waals surface area contributed by atoms with Crippen LogP contribution in [0.5, 0.6) is 0 Å². The maximum absolute atomic E-state index is 5.74. The molecule has 2 aliphatic rings. The second-order valence-corrected chi connectivity index (χ2v) is 6.19. The Morgan fingerprint density at radius 1 is 1.06 bits per heavy atom. The van der Waals surface area contributed by atoms with Crippen molar-refractivity contribution in [3.8, 4) is 0 Å². The monoisotopic (exact) mass is 244 g/mol. The number of hydrogen-bond donors (Lipinski definition) is 0. The normalized spacial score (nSPS) is 36.1. The largest absolute Gasteiger partial charge is 0.381 e. The molecule has 0 aromatic heterocycles. The lowest BCUT2D eigenvalue weighted by Crippen LogP contribution is -2.36. The van der Waals surface area contributed by atoms with E-state index in [2.05, 4.69) is 38.1 Å². The smallest absolute Gasteiger partial charge is 0.0499 e. The summed E-state index contributed by atoms with van der Waals surface area (Å²) in [5, 5.41) is 0. The summed E-state index contributed by atoms with van der Waals surface area (Å²) in [6, 6.07) is 9.01. The van der Waals surface area contributed by atoms with Crippen LogP contribution in [0.1, 0.15) is 43.7 Å². The molecule has 4 unspecified atom stereocenters.